The molecule has 25 heavy (non-hydrogen) atoms. The number of benzene rings is 2. The first-order valence-corrected chi connectivity index (χ1v) is 10.00. The van der Waals surface area contributed by atoms with E-state index in [2.05, 4.69) is 4.90 Å². The van der Waals surface area contributed by atoms with Crippen LogP contribution in [0.1, 0.15) is 18.4 Å². The molecule has 2 aromatic rings. The van der Waals surface area contributed by atoms with Crippen LogP contribution in [0.2, 0.25) is 0 Å². The molecule has 0 saturated carbocycles. The fourth-order valence-electron chi connectivity index (χ4n) is 3.64. The van der Waals surface area contributed by atoms with Crippen LogP contribution in [-0.4, -0.2) is 47.5 Å². The Morgan fingerprint density at radius 2 is 2.00 bits per heavy atom. The van der Waals surface area contributed by atoms with E-state index < -0.39 is 7.82 Å². The predicted octanol–water partition coefficient (Wildman–Crippen LogP) is 2.96. The van der Waals surface area contributed by atoms with Crippen LogP contribution in [0.25, 0.3) is 10.8 Å². The summed E-state index contributed by atoms with van der Waals surface area (Å²) in [4.78, 5) is 20.8. The Hall–Kier alpha value is -1.43. The van der Waals surface area contributed by atoms with Crippen LogP contribution in [-0.2, 0) is 15.7 Å². The lowest BCUT2D eigenvalue weighted by atomic mass is 9.97. The summed E-state index contributed by atoms with van der Waals surface area (Å²) in [5, 5.41) is 1.71. The topological polar surface area (TPSA) is 79.2 Å². The van der Waals surface area contributed by atoms with Crippen molar-refractivity contribution in [1.29, 1.82) is 0 Å². The highest BCUT2D eigenvalue weighted by Gasteiger charge is 2.26. The van der Waals surface area contributed by atoms with Gasteiger partial charge < -0.3 is 9.26 Å². The van der Waals surface area contributed by atoms with Crippen LogP contribution in [0.4, 0.5) is 0 Å². The molecule has 7 heteroatoms. The van der Waals surface area contributed by atoms with Crippen molar-refractivity contribution in [1.82, 2.24) is 4.90 Å². The van der Waals surface area contributed by atoms with Gasteiger partial charge in [0.1, 0.15) is 5.75 Å². The van der Waals surface area contributed by atoms with Gasteiger partial charge in [0.15, 0.2) is 0 Å². The normalized spacial score (nSPS) is 18.8. The Labute approximate surface area is 147 Å². The molecule has 0 unspecified atom stereocenters. The molecule has 0 aromatic heterocycles. The molecule has 0 amide bonds. The van der Waals surface area contributed by atoms with Crippen LogP contribution < -0.4 is 4.52 Å². The molecular formula is C18H24NO5P. The molecule has 0 radical (unpaired) electrons. The van der Waals surface area contributed by atoms with E-state index in [0.29, 0.717) is 12.6 Å². The fraction of sp³-hybridized carbons (Fsp3) is 0.444. The summed E-state index contributed by atoms with van der Waals surface area (Å²) in [6, 6.07) is 11.6. The highest BCUT2D eigenvalue weighted by atomic mass is 31.2. The van der Waals surface area contributed by atoms with E-state index in [1.165, 1.54) is 0 Å². The van der Waals surface area contributed by atoms with Crippen LogP contribution in [0.5, 0.6) is 5.75 Å². The molecule has 6 nitrogen and oxygen atoms in total. The van der Waals surface area contributed by atoms with Gasteiger partial charge in [0.05, 0.1) is 6.61 Å². The van der Waals surface area contributed by atoms with E-state index in [0.717, 1.165) is 48.7 Å². The number of phosphoric ester groups is 1. The largest absolute Gasteiger partial charge is 0.524 e. The first kappa shape index (κ1) is 18.4. The zero-order valence-electron chi connectivity index (χ0n) is 14.3. The quantitative estimate of drug-likeness (QED) is 0.735. The molecule has 0 aliphatic carbocycles. The van der Waals surface area contributed by atoms with E-state index in [-0.39, 0.29) is 5.75 Å². The fourth-order valence-corrected chi connectivity index (χ4v) is 4.05. The molecule has 1 aliphatic rings. The monoisotopic (exact) mass is 365 g/mol. The Kier molecular flexibility index (Phi) is 5.77. The highest BCUT2D eigenvalue weighted by Crippen LogP contribution is 2.42. The smallest absolute Gasteiger partial charge is 0.404 e. The van der Waals surface area contributed by atoms with Gasteiger partial charge in [-0.1, -0.05) is 30.3 Å². The van der Waals surface area contributed by atoms with Gasteiger partial charge in [-0.05, 0) is 42.8 Å². The van der Waals surface area contributed by atoms with E-state index in [4.69, 9.17) is 9.26 Å². The van der Waals surface area contributed by atoms with Crippen molar-refractivity contribution in [2.45, 2.75) is 25.3 Å². The second-order valence-corrected chi connectivity index (χ2v) is 7.55. The van der Waals surface area contributed by atoms with Crippen molar-refractivity contribution < 1.29 is 23.6 Å². The average molecular weight is 365 g/mol. The maximum atomic E-state index is 11.3. The minimum absolute atomic E-state index is 0.239. The number of methoxy groups -OCH3 is 1. The van der Waals surface area contributed by atoms with Crippen molar-refractivity contribution in [3.63, 3.8) is 0 Å². The number of rotatable bonds is 7. The number of ether oxygens (including phenoxy) is 1. The summed E-state index contributed by atoms with van der Waals surface area (Å²) in [6.07, 6.45) is 3.09. The molecule has 3 rings (SSSR count). The van der Waals surface area contributed by atoms with E-state index >= 15 is 0 Å². The van der Waals surface area contributed by atoms with Gasteiger partial charge in [-0.3, -0.25) is 14.7 Å². The van der Waals surface area contributed by atoms with Crippen LogP contribution in [0.3, 0.4) is 0 Å². The zero-order chi connectivity index (χ0) is 17.9. The summed E-state index contributed by atoms with van der Waals surface area (Å²) < 4.78 is 21.5. The number of likely N-dealkylation sites (tertiary alicyclic amines) is 1. The van der Waals surface area contributed by atoms with Gasteiger partial charge in [0.2, 0.25) is 0 Å². The molecule has 1 atom stereocenters. The third-order valence-electron chi connectivity index (χ3n) is 4.71. The van der Waals surface area contributed by atoms with Crippen molar-refractivity contribution >= 4 is 18.6 Å². The van der Waals surface area contributed by atoms with Crippen LogP contribution in [0.15, 0.2) is 36.4 Å². The number of hydrogen-bond acceptors (Lipinski definition) is 4. The lowest BCUT2D eigenvalue weighted by Crippen LogP contribution is -2.33. The minimum atomic E-state index is -4.60. The summed E-state index contributed by atoms with van der Waals surface area (Å²) in [6.45, 7) is 2.67. The van der Waals surface area contributed by atoms with Crippen molar-refractivity contribution in [3.05, 3.63) is 42.0 Å². The van der Waals surface area contributed by atoms with Gasteiger partial charge in [0.25, 0.3) is 0 Å². The third-order valence-corrected chi connectivity index (χ3v) is 5.14. The molecule has 1 fully saturated rings. The molecule has 1 saturated heterocycles. The Balaban J connectivity index is 1.92. The van der Waals surface area contributed by atoms with Gasteiger partial charge in [-0.15, -0.1) is 0 Å². The van der Waals surface area contributed by atoms with E-state index in [9.17, 15) is 14.4 Å². The lowest BCUT2D eigenvalue weighted by molar-refractivity contribution is 0.141. The van der Waals surface area contributed by atoms with Gasteiger partial charge in [-0.25, -0.2) is 4.57 Å². The third kappa shape index (κ3) is 4.60. The molecule has 2 aromatic carbocycles. The molecule has 136 valence electrons. The van der Waals surface area contributed by atoms with Crippen molar-refractivity contribution in [3.8, 4) is 5.75 Å². The summed E-state index contributed by atoms with van der Waals surface area (Å²) in [5.74, 6) is 0.239. The Morgan fingerprint density at radius 1 is 1.24 bits per heavy atom. The minimum Gasteiger partial charge on any atom is -0.404 e. The SMILES string of the molecule is COCCN1CCC[C@@H]1Cc1cccc2cccc(OP(=O)(O)O)c12. The standard InChI is InChI=1S/C18H24NO5P/c1-23-12-11-19-10-4-8-16(19)13-15-7-2-5-14-6-3-9-17(18(14)15)24-25(20,21)22/h2-3,5-7,9,16H,4,8,10-13H2,1H3,(H2,20,21,22)/t16-/m1/s1. The molecule has 0 spiro atoms. The number of fused-ring (bicyclic) bond motifs is 1. The van der Waals surface area contributed by atoms with Gasteiger partial charge >= 0.3 is 7.82 Å². The first-order chi connectivity index (χ1) is 12.0. The van der Waals surface area contributed by atoms with Crippen molar-refractivity contribution in [2.24, 2.45) is 0 Å². The van der Waals surface area contributed by atoms with E-state index in [1.807, 2.05) is 24.3 Å². The number of phosphoric acid groups is 1. The summed E-state index contributed by atoms with van der Waals surface area (Å²) in [5.41, 5.74) is 1.05. The van der Waals surface area contributed by atoms with Crippen LogP contribution >= 0.6 is 7.82 Å². The lowest BCUT2D eigenvalue weighted by Gasteiger charge is -2.25. The van der Waals surface area contributed by atoms with Gasteiger partial charge in [0, 0.05) is 25.1 Å². The maximum Gasteiger partial charge on any atom is 0.524 e. The molecule has 1 aliphatic heterocycles. The maximum absolute atomic E-state index is 11.3. The van der Waals surface area contributed by atoms with Crippen LogP contribution in [0, 0.1) is 0 Å². The Bertz CT molecular complexity index is 770. The van der Waals surface area contributed by atoms with Gasteiger partial charge in [-0.2, -0.15) is 0 Å². The predicted molar refractivity (Wildman–Crippen MR) is 96.8 cm³/mol. The zero-order valence-corrected chi connectivity index (χ0v) is 15.2. The second-order valence-electron chi connectivity index (χ2n) is 6.38. The first-order valence-electron chi connectivity index (χ1n) is 8.46. The summed E-state index contributed by atoms with van der Waals surface area (Å²) >= 11 is 0. The Morgan fingerprint density at radius 3 is 2.72 bits per heavy atom. The molecule has 0 bridgehead atoms. The summed E-state index contributed by atoms with van der Waals surface area (Å²) in [7, 11) is -2.89. The van der Waals surface area contributed by atoms with Crippen molar-refractivity contribution in [2.75, 3.05) is 26.8 Å². The molecule has 1 heterocycles. The highest BCUT2D eigenvalue weighted by molar-refractivity contribution is 7.46. The number of hydrogen-bond donors (Lipinski definition) is 2. The molecular weight excluding hydrogens is 341 g/mol. The second kappa shape index (κ2) is 7.85. The average Bonchev–Trinajstić information content (AvgIpc) is 2.99. The number of nitrogens with zero attached hydrogens (tertiary/aromatic N) is 1. The molecule has 2 N–H and O–H groups in total. The van der Waals surface area contributed by atoms with E-state index in [1.54, 1.807) is 19.2 Å².